The van der Waals surface area contributed by atoms with Gasteiger partial charge in [-0.15, -0.1) is 11.3 Å². The smallest absolute Gasteiger partial charge is 0.250 e. The van der Waals surface area contributed by atoms with E-state index in [0.29, 0.717) is 29.1 Å². The summed E-state index contributed by atoms with van der Waals surface area (Å²) in [5.74, 6) is 1.18. The molecule has 2 aromatic carbocycles. The van der Waals surface area contributed by atoms with Crippen molar-refractivity contribution in [2.75, 3.05) is 18.5 Å². The minimum Gasteiger partial charge on any atom is -0.486 e. The Kier molecular flexibility index (Phi) is 5.09. The fourth-order valence-corrected chi connectivity index (χ4v) is 3.51. The van der Waals surface area contributed by atoms with Crippen molar-refractivity contribution >= 4 is 40.1 Å². The Bertz CT molecular complexity index is 1020. The number of hydrogen-bond acceptors (Lipinski definition) is 5. The second-order valence-corrected chi connectivity index (χ2v) is 7.01. The third-order valence-electron chi connectivity index (χ3n) is 3.89. The number of carbonyl (C=O) groups excluding carboxylic acids is 1. The number of thiazole rings is 1. The Hall–Kier alpha value is -2.83. The van der Waals surface area contributed by atoms with Crippen molar-refractivity contribution in [3.8, 4) is 22.8 Å². The predicted molar refractivity (Wildman–Crippen MR) is 108 cm³/mol. The van der Waals surface area contributed by atoms with Crippen LogP contribution in [0.15, 0.2) is 53.9 Å². The number of aromatic nitrogens is 1. The zero-order valence-corrected chi connectivity index (χ0v) is 15.7. The van der Waals surface area contributed by atoms with E-state index in [-0.39, 0.29) is 5.91 Å². The van der Waals surface area contributed by atoms with E-state index in [2.05, 4.69) is 10.3 Å². The van der Waals surface area contributed by atoms with E-state index in [4.69, 9.17) is 21.1 Å². The Morgan fingerprint density at radius 3 is 2.81 bits per heavy atom. The highest BCUT2D eigenvalue weighted by molar-refractivity contribution is 7.14. The van der Waals surface area contributed by atoms with Gasteiger partial charge >= 0.3 is 0 Å². The average molecular weight is 399 g/mol. The Morgan fingerprint density at radius 2 is 1.96 bits per heavy atom. The van der Waals surface area contributed by atoms with Crippen LogP contribution in [0.2, 0.25) is 5.02 Å². The molecule has 1 amide bonds. The van der Waals surface area contributed by atoms with E-state index in [1.165, 1.54) is 17.4 Å². The van der Waals surface area contributed by atoms with Crippen molar-refractivity contribution in [2.24, 2.45) is 0 Å². The van der Waals surface area contributed by atoms with Gasteiger partial charge in [0.05, 0.1) is 5.69 Å². The second kappa shape index (κ2) is 7.82. The molecule has 0 saturated heterocycles. The third kappa shape index (κ3) is 4.13. The van der Waals surface area contributed by atoms with Crippen molar-refractivity contribution in [3.63, 3.8) is 0 Å². The van der Waals surface area contributed by atoms with Gasteiger partial charge in [0, 0.05) is 22.0 Å². The molecule has 0 bridgehead atoms. The number of nitrogens with zero attached hydrogens (tertiary/aromatic N) is 1. The third-order valence-corrected chi connectivity index (χ3v) is 4.99. The Morgan fingerprint density at radius 1 is 1.15 bits per heavy atom. The van der Waals surface area contributed by atoms with Crippen LogP contribution in [0.5, 0.6) is 11.5 Å². The molecule has 1 N–H and O–H groups in total. The van der Waals surface area contributed by atoms with Gasteiger partial charge in [-0.1, -0.05) is 29.8 Å². The molecular formula is C20H15ClN2O3S. The van der Waals surface area contributed by atoms with Crippen LogP contribution in [-0.2, 0) is 4.79 Å². The zero-order chi connectivity index (χ0) is 18.6. The molecule has 1 aliphatic rings. The number of amides is 1. The molecule has 3 aromatic rings. The summed E-state index contributed by atoms with van der Waals surface area (Å²) in [5, 5.41) is 5.77. The molecule has 0 radical (unpaired) electrons. The van der Waals surface area contributed by atoms with Gasteiger partial charge in [-0.3, -0.25) is 10.1 Å². The molecule has 1 aromatic heterocycles. The average Bonchev–Trinajstić information content (AvgIpc) is 3.15. The van der Waals surface area contributed by atoms with Crippen LogP contribution < -0.4 is 14.8 Å². The molecular weight excluding hydrogens is 384 g/mol. The number of fused-ring (bicyclic) bond motifs is 1. The van der Waals surface area contributed by atoms with Crippen molar-refractivity contribution < 1.29 is 14.3 Å². The fourth-order valence-electron chi connectivity index (χ4n) is 2.59. The summed E-state index contributed by atoms with van der Waals surface area (Å²) in [4.78, 5) is 16.6. The number of halogens is 1. The lowest BCUT2D eigenvalue weighted by Crippen LogP contribution is -2.15. The molecule has 0 fully saturated rings. The van der Waals surface area contributed by atoms with Gasteiger partial charge < -0.3 is 9.47 Å². The lowest BCUT2D eigenvalue weighted by molar-refractivity contribution is -0.111. The van der Waals surface area contributed by atoms with E-state index in [9.17, 15) is 4.79 Å². The SMILES string of the molecule is O=C(C=Cc1ccccc1Cl)Nc1nc(-c2ccc3c(c2)OCCO3)cs1. The number of benzene rings is 2. The van der Waals surface area contributed by atoms with Gasteiger partial charge in [-0.25, -0.2) is 4.98 Å². The van der Waals surface area contributed by atoms with Crippen LogP contribution in [0.1, 0.15) is 5.56 Å². The summed E-state index contributed by atoms with van der Waals surface area (Å²) in [5.41, 5.74) is 2.45. The lowest BCUT2D eigenvalue weighted by atomic mass is 10.1. The number of ether oxygens (including phenoxy) is 2. The highest BCUT2D eigenvalue weighted by Gasteiger charge is 2.14. The van der Waals surface area contributed by atoms with Crippen molar-refractivity contribution in [2.45, 2.75) is 0 Å². The topological polar surface area (TPSA) is 60.5 Å². The number of rotatable bonds is 4. The summed E-state index contributed by atoms with van der Waals surface area (Å²) >= 11 is 7.44. The number of nitrogens with one attached hydrogen (secondary N) is 1. The predicted octanol–water partition coefficient (Wildman–Crippen LogP) is 4.89. The monoisotopic (exact) mass is 398 g/mol. The van der Waals surface area contributed by atoms with E-state index < -0.39 is 0 Å². The maximum absolute atomic E-state index is 12.1. The van der Waals surface area contributed by atoms with Crippen LogP contribution in [-0.4, -0.2) is 24.1 Å². The van der Waals surface area contributed by atoms with Gasteiger partial charge in [0.1, 0.15) is 13.2 Å². The normalized spacial score (nSPS) is 12.9. The molecule has 0 atom stereocenters. The van der Waals surface area contributed by atoms with Gasteiger partial charge in [-0.2, -0.15) is 0 Å². The largest absolute Gasteiger partial charge is 0.486 e. The van der Waals surface area contributed by atoms with Gasteiger partial charge in [-0.05, 0) is 35.9 Å². The minimum atomic E-state index is -0.266. The molecule has 136 valence electrons. The summed E-state index contributed by atoms with van der Waals surface area (Å²) in [6, 6.07) is 13.0. The first-order valence-electron chi connectivity index (χ1n) is 8.28. The second-order valence-electron chi connectivity index (χ2n) is 5.74. The fraction of sp³-hybridized carbons (Fsp3) is 0.100. The summed E-state index contributed by atoms with van der Waals surface area (Å²) in [7, 11) is 0. The number of anilines is 1. The van der Waals surface area contributed by atoms with Crippen molar-refractivity contribution in [3.05, 3.63) is 64.5 Å². The quantitative estimate of drug-likeness (QED) is 0.636. The standard InChI is InChI=1S/C20H15ClN2O3S/c21-15-4-2-1-3-13(15)6-8-19(24)23-20-22-16(12-27-20)14-5-7-17-18(11-14)26-10-9-25-17/h1-8,11-12H,9-10H2,(H,22,23,24). The Labute approximate surface area is 165 Å². The molecule has 0 spiro atoms. The highest BCUT2D eigenvalue weighted by Crippen LogP contribution is 2.35. The number of hydrogen-bond donors (Lipinski definition) is 1. The van der Waals surface area contributed by atoms with Crippen LogP contribution >= 0.6 is 22.9 Å². The van der Waals surface area contributed by atoms with Crippen molar-refractivity contribution in [1.29, 1.82) is 0 Å². The zero-order valence-electron chi connectivity index (χ0n) is 14.1. The molecule has 2 heterocycles. The lowest BCUT2D eigenvalue weighted by Gasteiger charge is -2.18. The van der Waals surface area contributed by atoms with Crippen LogP contribution in [0.4, 0.5) is 5.13 Å². The van der Waals surface area contributed by atoms with Gasteiger partial charge in [0.15, 0.2) is 16.6 Å². The molecule has 4 rings (SSSR count). The van der Waals surface area contributed by atoms with Crippen LogP contribution in [0.25, 0.3) is 17.3 Å². The van der Waals surface area contributed by atoms with Crippen molar-refractivity contribution in [1.82, 2.24) is 4.98 Å². The van der Waals surface area contributed by atoms with E-state index >= 15 is 0 Å². The highest BCUT2D eigenvalue weighted by atomic mass is 35.5. The Balaban J connectivity index is 1.45. The van der Waals surface area contributed by atoms with Crippen LogP contribution in [0.3, 0.4) is 0 Å². The maximum atomic E-state index is 12.1. The maximum Gasteiger partial charge on any atom is 0.250 e. The minimum absolute atomic E-state index is 0.266. The first-order valence-corrected chi connectivity index (χ1v) is 9.54. The van der Waals surface area contributed by atoms with E-state index in [1.807, 2.05) is 41.8 Å². The molecule has 1 aliphatic heterocycles. The molecule has 0 saturated carbocycles. The van der Waals surface area contributed by atoms with Gasteiger partial charge in [0.25, 0.3) is 0 Å². The first kappa shape index (κ1) is 17.6. The molecule has 0 aliphatic carbocycles. The van der Waals surface area contributed by atoms with E-state index in [1.54, 1.807) is 12.1 Å². The number of carbonyl (C=O) groups is 1. The first-order chi connectivity index (χ1) is 13.2. The molecule has 7 heteroatoms. The molecule has 5 nitrogen and oxygen atoms in total. The summed E-state index contributed by atoms with van der Waals surface area (Å²) in [6.45, 7) is 1.09. The molecule has 0 unspecified atom stereocenters. The summed E-state index contributed by atoms with van der Waals surface area (Å²) < 4.78 is 11.1. The van der Waals surface area contributed by atoms with Gasteiger partial charge in [0.2, 0.25) is 5.91 Å². The van der Waals surface area contributed by atoms with E-state index in [0.717, 1.165) is 22.6 Å². The molecule has 27 heavy (non-hydrogen) atoms. The van der Waals surface area contributed by atoms with Crippen LogP contribution in [0, 0.1) is 0 Å². The summed E-state index contributed by atoms with van der Waals surface area (Å²) in [6.07, 6.45) is 3.11.